The average Bonchev–Trinajstić information content (AvgIpc) is 2.67. The highest BCUT2D eigenvalue weighted by Crippen LogP contribution is 2.17. The van der Waals surface area contributed by atoms with Gasteiger partial charge in [-0.3, -0.25) is 4.79 Å². The van der Waals surface area contributed by atoms with Crippen molar-refractivity contribution in [2.24, 2.45) is 5.92 Å². The first-order valence-corrected chi connectivity index (χ1v) is 9.12. The first-order valence-electron chi connectivity index (χ1n) is 9.12. The number of rotatable bonds is 10. The second-order valence-electron chi connectivity index (χ2n) is 6.58. The van der Waals surface area contributed by atoms with Crippen molar-refractivity contribution in [1.29, 1.82) is 0 Å². The number of benzene rings is 2. The average molecular weight is 358 g/mol. The molecule has 26 heavy (non-hydrogen) atoms. The number of hydrogen-bond acceptors (Lipinski definition) is 3. The zero-order valence-corrected chi connectivity index (χ0v) is 15.5. The lowest BCUT2D eigenvalue weighted by molar-refractivity contribution is -0.145. The summed E-state index contributed by atoms with van der Waals surface area (Å²) in [6.07, 6.45) is 5.14. The molecular formula is C22H27FO3. The highest BCUT2D eigenvalue weighted by molar-refractivity contribution is 5.71. The summed E-state index contributed by atoms with van der Waals surface area (Å²) in [6, 6.07) is 14.4. The molecule has 0 bridgehead atoms. The fourth-order valence-electron chi connectivity index (χ4n) is 2.78. The van der Waals surface area contributed by atoms with Gasteiger partial charge in [0.1, 0.15) is 18.2 Å². The normalized spacial score (nSPS) is 11.8. The lowest BCUT2D eigenvalue weighted by atomic mass is 10.0. The van der Waals surface area contributed by atoms with Crippen LogP contribution in [0.15, 0.2) is 48.5 Å². The molecule has 140 valence electrons. The van der Waals surface area contributed by atoms with Gasteiger partial charge in [0.25, 0.3) is 0 Å². The van der Waals surface area contributed by atoms with Crippen molar-refractivity contribution in [3.8, 4) is 5.75 Å². The number of carbonyl (C=O) groups excluding carboxylic acids is 1. The number of esters is 1. The quantitative estimate of drug-likeness (QED) is 0.426. The van der Waals surface area contributed by atoms with E-state index in [1.54, 1.807) is 12.1 Å². The number of carbonyl (C=O) groups is 1. The van der Waals surface area contributed by atoms with E-state index in [0.29, 0.717) is 6.61 Å². The summed E-state index contributed by atoms with van der Waals surface area (Å²) in [4.78, 5) is 11.3. The highest BCUT2D eigenvalue weighted by atomic mass is 19.1. The first kappa shape index (κ1) is 20.0. The van der Waals surface area contributed by atoms with E-state index in [2.05, 4.69) is 12.1 Å². The van der Waals surface area contributed by atoms with Crippen LogP contribution in [0.25, 0.3) is 0 Å². The maximum absolute atomic E-state index is 12.9. The molecule has 3 nitrogen and oxygen atoms in total. The molecule has 0 saturated heterocycles. The molecule has 4 heteroatoms. The Labute approximate surface area is 155 Å². The van der Waals surface area contributed by atoms with E-state index in [9.17, 15) is 9.18 Å². The molecule has 0 spiro atoms. The maximum atomic E-state index is 12.9. The fourth-order valence-corrected chi connectivity index (χ4v) is 2.78. The summed E-state index contributed by atoms with van der Waals surface area (Å²) in [5, 5.41) is 0. The third-order valence-corrected chi connectivity index (χ3v) is 4.45. The Morgan fingerprint density at radius 3 is 2.27 bits per heavy atom. The second-order valence-corrected chi connectivity index (χ2v) is 6.58. The van der Waals surface area contributed by atoms with Gasteiger partial charge in [-0.15, -0.1) is 0 Å². The van der Waals surface area contributed by atoms with Gasteiger partial charge >= 0.3 is 5.97 Å². The predicted octanol–water partition coefficient (Wildman–Crippen LogP) is 5.32. The van der Waals surface area contributed by atoms with Crippen molar-refractivity contribution in [2.75, 3.05) is 7.11 Å². The Kier molecular flexibility index (Phi) is 8.13. The van der Waals surface area contributed by atoms with Gasteiger partial charge in [-0.05, 0) is 54.7 Å². The van der Waals surface area contributed by atoms with Crippen LogP contribution in [0.2, 0.25) is 0 Å². The number of hydrogen-bond donors (Lipinski definition) is 0. The largest absolute Gasteiger partial charge is 0.489 e. The number of ether oxygens (including phenoxy) is 2. The van der Waals surface area contributed by atoms with Gasteiger partial charge in [0.15, 0.2) is 0 Å². The third kappa shape index (κ3) is 6.87. The van der Waals surface area contributed by atoms with Gasteiger partial charge in [-0.2, -0.15) is 0 Å². The zero-order chi connectivity index (χ0) is 18.8. The van der Waals surface area contributed by atoms with E-state index in [0.717, 1.165) is 43.4 Å². The van der Waals surface area contributed by atoms with E-state index in [1.807, 2.05) is 19.1 Å². The fraction of sp³-hybridized carbons (Fsp3) is 0.409. The van der Waals surface area contributed by atoms with Gasteiger partial charge in [-0.25, -0.2) is 4.39 Å². The second kappa shape index (κ2) is 10.6. The molecule has 1 unspecified atom stereocenters. The lowest BCUT2D eigenvalue weighted by Gasteiger charge is -2.09. The van der Waals surface area contributed by atoms with Crippen molar-refractivity contribution in [1.82, 2.24) is 0 Å². The summed E-state index contributed by atoms with van der Waals surface area (Å²) in [5.74, 6) is 0.432. The van der Waals surface area contributed by atoms with E-state index in [-0.39, 0.29) is 17.7 Å². The van der Waals surface area contributed by atoms with Crippen molar-refractivity contribution in [2.45, 2.75) is 45.6 Å². The molecular weight excluding hydrogens is 331 g/mol. The molecule has 0 N–H and O–H groups in total. The van der Waals surface area contributed by atoms with Crippen LogP contribution in [0.1, 0.15) is 43.7 Å². The monoisotopic (exact) mass is 358 g/mol. The van der Waals surface area contributed by atoms with Crippen LogP contribution in [0, 0.1) is 11.7 Å². The molecule has 0 aliphatic rings. The summed E-state index contributed by atoms with van der Waals surface area (Å²) in [5.41, 5.74) is 2.22. The van der Waals surface area contributed by atoms with Crippen molar-refractivity contribution < 1.29 is 18.7 Å². The van der Waals surface area contributed by atoms with E-state index in [1.165, 1.54) is 24.8 Å². The van der Waals surface area contributed by atoms with E-state index < -0.39 is 0 Å². The summed E-state index contributed by atoms with van der Waals surface area (Å²) in [7, 11) is 1.44. The Morgan fingerprint density at radius 2 is 1.62 bits per heavy atom. The minimum atomic E-state index is -0.238. The van der Waals surface area contributed by atoms with Gasteiger partial charge in [0.05, 0.1) is 13.0 Å². The molecule has 0 saturated carbocycles. The van der Waals surface area contributed by atoms with Crippen molar-refractivity contribution in [3.05, 3.63) is 65.5 Å². The summed E-state index contributed by atoms with van der Waals surface area (Å²) >= 11 is 0. The lowest BCUT2D eigenvalue weighted by Crippen LogP contribution is -2.12. The van der Waals surface area contributed by atoms with Gasteiger partial charge in [0, 0.05) is 0 Å². The van der Waals surface area contributed by atoms with Gasteiger partial charge < -0.3 is 9.47 Å². The number of methoxy groups -OCH3 is 1. The Morgan fingerprint density at radius 1 is 0.962 bits per heavy atom. The number of unbranched alkanes of at least 4 members (excludes halogenated alkanes) is 2. The summed E-state index contributed by atoms with van der Waals surface area (Å²) < 4.78 is 23.3. The topological polar surface area (TPSA) is 35.5 Å². The predicted molar refractivity (Wildman–Crippen MR) is 101 cm³/mol. The molecule has 0 heterocycles. The van der Waals surface area contributed by atoms with E-state index >= 15 is 0 Å². The molecule has 0 amide bonds. The first-order chi connectivity index (χ1) is 12.6. The Hall–Kier alpha value is -2.36. The molecule has 0 aliphatic heterocycles. The maximum Gasteiger partial charge on any atom is 0.308 e. The number of halogens is 1. The van der Waals surface area contributed by atoms with Crippen LogP contribution in [-0.4, -0.2) is 13.1 Å². The molecule has 0 radical (unpaired) electrons. The molecule has 2 rings (SSSR count). The molecule has 2 aromatic carbocycles. The molecule has 2 aromatic rings. The highest BCUT2D eigenvalue weighted by Gasteiger charge is 2.11. The van der Waals surface area contributed by atoms with Gasteiger partial charge in [-0.1, -0.05) is 44.0 Å². The molecule has 0 aliphatic carbocycles. The molecule has 1 atom stereocenters. The zero-order valence-electron chi connectivity index (χ0n) is 15.5. The smallest absolute Gasteiger partial charge is 0.308 e. The Bertz CT molecular complexity index is 665. The van der Waals surface area contributed by atoms with Gasteiger partial charge in [0.2, 0.25) is 0 Å². The minimum absolute atomic E-state index is 0.0162. The Balaban J connectivity index is 1.65. The van der Waals surface area contributed by atoms with Crippen molar-refractivity contribution in [3.63, 3.8) is 0 Å². The van der Waals surface area contributed by atoms with Crippen molar-refractivity contribution >= 4 is 5.97 Å². The van der Waals surface area contributed by atoms with Crippen LogP contribution >= 0.6 is 0 Å². The minimum Gasteiger partial charge on any atom is -0.489 e. The van der Waals surface area contributed by atoms with Crippen LogP contribution in [0.5, 0.6) is 5.75 Å². The van der Waals surface area contributed by atoms with E-state index in [4.69, 9.17) is 9.47 Å². The van der Waals surface area contributed by atoms with Crippen LogP contribution in [-0.2, 0) is 22.6 Å². The summed E-state index contributed by atoms with van der Waals surface area (Å²) in [6.45, 7) is 2.34. The SMILES string of the molecule is COC(=O)C(C)CCCCCc1ccc(OCc2ccc(F)cc2)cc1. The van der Waals surface area contributed by atoms with Crippen LogP contribution < -0.4 is 4.74 Å². The van der Waals surface area contributed by atoms with Crippen LogP contribution in [0.4, 0.5) is 4.39 Å². The standard InChI is InChI=1S/C22H27FO3/c1-17(22(24)25-2)6-4-3-5-7-18-10-14-21(15-11-18)26-16-19-8-12-20(23)13-9-19/h8-15,17H,3-7,16H2,1-2H3. The number of aryl methyl sites for hydroxylation is 1. The van der Waals surface area contributed by atoms with Crippen LogP contribution in [0.3, 0.4) is 0 Å². The third-order valence-electron chi connectivity index (χ3n) is 4.45. The molecule has 0 aromatic heterocycles. The molecule has 0 fully saturated rings.